The first-order valence-corrected chi connectivity index (χ1v) is 8.88. The summed E-state index contributed by atoms with van der Waals surface area (Å²) in [5.41, 5.74) is 1.23. The first-order valence-electron chi connectivity index (χ1n) is 6.99. The molecule has 2 N–H and O–H groups in total. The molecule has 0 aliphatic heterocycles. The smallest absolute Gasteiger partial charge is 0.368 e. The lowest BCUT2D eigenvalue weighted by Crippen LogP contribution is -2.24. The van der Waals surface area contributed by atoms with Crippen molar-refractivity contribution in [3.63, 3.8) is 0 Å². The van der Waals surface area contributed by atoms with Crippen molar-refractivity contribution in [2.45, 2.75) is 26.4 Å². The van der Waals surface area contributed by atoms with Crippen LogP contribution < -0.4 is 10.0 Å². The van der Waals surface area contributed by atoms with E-state index in [1.165, 1.54) is 0 Å². The number of fused-ring (bicyclic) bond motifs is 1. The fraction of sp³-hybridized carbons (Fsp3) is 0.583. The van der Waals surface area contributed by atoms with Crippen molar-refractivity contribution in [2.24, 2.45) is 0 Å². The van der Waals surface area contributed by atoms with Gasteiger partial charge in [-0.25, -0.2) is 13.1 Å². The Bertz CT molecular complexity index is 847. The average molecular weight is 366 g/mol. The summed E-state index contributed by atoms with van der Waals surface area (Å²) in [6, 6.07) is 0. The van der Waals surface area contributed by atoms with Gasteiger partial charge in [-0.3, -0.25) is 0 Å². The number of nitrogens with one attached hydrogen (secondary N) is 2. The van der Waals surface area contributed by atoms with Gasteiger partial charge in [-0.1, -0.05) is 0 Å². The van der Waals surface area contributed by atoms with Gasteiger partial charge < -0.3 is 5.32 Å². The molecule has 0 atom stereocenters. The first-order chi connectivity index (χ1) is 11.0. The molecule has 0 aliphatic rings. The van der Waals surface area contributed by atoms with Crippen molar-refractivity contribution in [3.05, 3.63) is 17.0 Å². The summed E-state index contributed by atoms with van der Waals surface area (Å²) < 4.78 is 63.7. The number of aryl methyl sites for hydroxylation is 1. The number of sulfonamides is 1. The molecule has 2 aromatic rings. The van der Waals surface area contributed by atoms with E-state index in [0.717, 1.165) is 6.26 Å². The Kier molecular flexibility index (Phi) is 4.99. The van der Waals surface area contributed by atoms with Crippen LogP contribution in [0.15, 0.2) is 0 Å². The van der Waals surface area contributed by atoms with Crippen LogP contribution >= 0.6 is 0 Å². The minimum atomic E-state index is -4.66. The molecule has 8 nitrogen and oxygen atoms in total. The molecule has 0 saturated heterocycles. The minimum Gasteiger partial charge on any atom is -0.368 e. The van der Waals surface area contributed by atoms with Gasteiger partial charge in [0.2, 0.25) is 10.0 Å². The third kappa shape index (κ3) is 4.12. The molecule has 0 unspecified atom stereocenters. The van der Waals surface area contributed by atoms with Crippen LogP contribution in [0.5, 0.6) is 0 Å². The third-order valence-corrected chi connectivity index (χ3v) is 4.09. The Labute approximate surface area is 136 Å². The second-order valence-electron chi connectivity index (χ2n) is 5.30. The lowest BCUT2D eigenvalue weighted by molar-refractivity contribution is -0.146. The number of anilines is 1. The van der Waals surface area contributed by atoms with Gasteiger partial charge in [0, 0.05) is 18.7 Å². The van der Waals surface area contributed by atoms with Gasteiger partial charge in [0.25, 0.3) is 5.82 Å². The van der Waals surface area contributed by atoms with E-state index < -0.39 is 22.0 Å². The van der Waals surface area contributed by atoms with E-state index in [4.69, 9.17) is 0 Å². The molecule has 2 rings (SSSR count). The highest BCUT2D eigenvalue weighted by atomic mass is 32.2. The summed E-state index contributed by atoms with van der Waals surface area (Å²) in [5.74, 6) is -0.924. The number of aromatic nitrogens is 4. The molecular formula is C12H17F3N6O2S. The number of halogens is 3. The lowest BCUT2D eigenvalue weighted by Gasteiger charge is -2.12. The molecule has 2 aromatic heterocycles. The van der Waals surface area contributed by atoms with E-state index in [9.17, 15) is 21.6 Å². The maximum absolute atomic E-state index is 12.9. The van der Waals surface area contributed by atoms with Gasteiger partial charge in [-0.2, -0.15) is 17.7 Å². The second kappa shape index (κ2) is 6.51. The van der Waals surface area contributed by atoms with Crippen LogP contribution in [0.2, 0.25) is 0 Å². The predicted molar refractivity (Wildman–Crippen MR) is 81.2 cm³/mol. The number of hydrogen-bond acceptors (Lipinski definition) is 6. The Balaban J connectivity index is 2.19. The van der Waals surface area contributed by atoms with Gasteiger partial charge in [-0.15, -0.1) is 15.3 Å². The summed E-state index contributed by atoms with van der Waals surface area (Å²) in [6.07, 6.45) is -3.17. The Morgan fingerprint density at radius 2 is 1.79 bits per heavy atom. The maximum Gasteiger partial charge on any atom is 0.453 e. The highest BCUT2D eigenvalue weighted by Crippen LogP contribution is 2.29. The van der Waals surface area contributed by atoms with Gasteiger partial charge in [0.15, 0.2) is 5.65 Å². The second-order valence-corrected chi connectivity index (χ2v) is 7.14. The van der Waals surface area contributed by atoms with E-state index in [1.54, 1.807) is 13.8 Å². The molecule has 0 radical (unpaired) electrons. The van der Waals surface area contributed by atoms with Crippen molar-refractivity contribution in [1.82, 2.24) is 24.5 Å². The first kappa shape index (κ1) is 18.4. The topological polar surface area (TPSA) is 101 Å². The largest absolute Gasteiger partial charge is 0.453 e. The molecule has 0 saturated carbocycles. The molecule has 0 aliphatic carbocycles. The van der Waals surface area contributed by atoms with Crippen molar-refractivity contribution < 1.29 is 21.6 Å². The molecular weight excluding hydrogens is 349 g/mol. The van der Waals surface area contributed by atoms with E-state index in [0.29, 0.717) is 28.6 Å². The molecule has 0 aromatic carbocycles. The van der Waals surface area contributed by atoms with Crippen LogP contribution in [0.3, 0.4) is 0 Å². The highest BCUT2D eigenvalue weighted by Gasteiger charge is 2.38. The Morgan fingerprint density at radius 1 is 1.12 bits per heavy atom. The number of nitrogens with zero attached hydrogens (tertiary/aromatic N) is 4. The van der Waals surface area contributed by atoms with Crippen molar-refractivity contribution in [3.8, 4) is 0 Å². The van der Waals surface area contributed by atoms with E-state index in [1.807, 2.05) is 0 Å². The molecule has 0 fully saturated rings. The molecule has 24 heavy (non-hydrogen) atoms. The summed E-state index contributed by atoms with van der Waals surface area (Å²) in [5, 5.41) is 13.6. The monoisotopic (exact) mass is 366 g/mol. The summed E-state index contributed by atoms with van der Waals surface area (Å²) in [7, 11) is -3.27. The molecule has 134 valence electrons. The molecule has 0 bridgehead atoms. The number of hydrogen-bond donors (Lipinski definition) is 2. The minimum absolute atomic E-state index is 0.0455. The van der Waals surface area contributed by atoms with Gasteiger partial charge in [0.05, 0.1) is 6.26 Å². The van der Waals surface area contributed by atoms with E-state index >= 15 is 0 Å². The quantitative estimate of drug-likeness (QED) is 0.743. The maximum atomic E-state index is 12.9. The van der Waals surface area contributed by atoms with Crippen molar-refractivity contribution in [2.75, 3.05) is 24.7 Å². The zero-order valence-electron chi connectivity index (χ0n) is 13.3. The standard InChI is InChI=1S/C12H17F3N6O2S/c1-7-8(2)10-18-19-11(12(13,14)15)21(10)20-9(7)16-5-4-6-17-24(3,22)23/h17H,4-6H2,1-3H3,(H,16,20). The van der Waals surface area contributed by atoms with Crippen LogP contribution in [-0.2, 0) is 16.2 Å². The van der Waals surface area contributed by atoms with Crippen molar-refractivity contribution in [1.29, 1.82) is 0 Å². The SMILES string of the molecule is Cc1c(NCCCNS(C)(=O)=O)nn2c(C(F)(F)F)nnc2c1C. The van der Waals surface area contributed by atoms with Gasteiger partial charge >= 0.3 is 6.18 Å². The summed E-state index contributed by atoms with van der Waals surface area (Å²) in [6.45, 7) is 3.90. The van der Waals surface area contributed by atoms with Crippen LogP contribution in [0, 0.1) is 13.8 Å². The number of alkyl halides is 3. The van der Waals surface area contributed by atoms with Crippen LogP contribution in [0.4, 0.5) is 19.0 Å². The molecule has 0 spiro atoms. The molecule has 2 heterocycles. The normalized spacial score (nSPS) is 12.8. The fourth-order valence-corrected chi connectivity index (χ4v) is 2.54. The lowest BCUT2D eigenvalue weighted by atomic mass is 10.2. The molecule has 0 amide bonds. The van der Waals surface area contributed by atoms with E-state index in [2.05, 4.69) is 25.3 Å². The van der Waals surface area contributed by atoms with E-state index in [-0.39, 0.29) is 18.0 Å². The van der Waals surface area contributed by atoms with Crippen LogP contribution in [-0.4, -0.2) is 47.6 Å². The Hall–Kier alpha value is -1.95. The van der Waals surface area contributed by atoms with Gasteiger partial charge in [-0.05, 0) is 25.8 Å². The fourth-order valence-electron chi connectivity index (χ4n) is 2.03. The predicted octanol–water partition coefficient (Wildman–Crippen LogP) is 1.11. The van der Waals surface area contributed by atoms with Crippen LogP contribution in [0.25, 0.3) is 5.65 Å². The zero-order valence-corrected chi connectivity index (χ0v) is 14.1. The average Bonchev–Trinajstić information content (AvgIpc) is 2.86. The summed E-state index contributed by atoms with van der Waals surface area (Å²) >= 11 is 0. The zero-order chi connectivity index (χ0) is 18.1. The van der Waals surface area contributed by atoms with Gasteiger partial charge in [0.1, 0.15) is 5.82 Å². The van der Waals surface area contributed by atoms with Crippen molar-refractivity contribution >= 4 is 21.5 Å². The Morgan fingerprint density at radius 3 is 2.38 bits per heavy atom. The highest BCUT2D eigenvalue weighted by molar-refractivity contribution is 7.88. The third-order valence-electron chi connectivity index (χ3n) is 3.36. The van der Waals surface area contributed by atoms with Crippen LogP contribution in [0.1, 0.15) is 23.4 Å². The summed E-state index contributed by atoms with van der Waals surface area (Å²) in [4.78, 5) is 0. The number of rotatable bonds is 6. The molecule has 12 heteroatoms.